The third-order valence-corrected chi connectivity index (χ3v) is 2.98. The Kier molecular flexibility index (Phi) is 4.49. The number of rotatable bonds is 5. The van der Waals surface area contributed by atoms with Crippen molar-refractivity contribution in [2.24, 2.45) is 0 Å². The average Bonchev–Trinajstić information content (AvgIpc) is 2.93. The summed E-state index contributed by atoms with van der Waals surface area (Å²) in [5.74, 6) is 0.697. The van der Waals surface area contributed by atoms with Gasteiger partial charge in [0.1, 0.15) is 11.8 Å². The normalized spacial score (nSPS) is 11.0. The van der Waals surface area contributed by atoms with E-state index in [0.29, 0.717) is 12.3 Å². The molecule has 0 atom stereocenters. The van der Waals surface area contributed by atoms with E-state index in [1.807, 2.05) is 41.2 Å². The summed E-state index contributed by atoms with van der Waals surface area (Å²) in [6.45, 7) is 7.15. The number of nitrogens with zero attached hydrogens (tertiary/aromatic N) is 3. The first-order valence-corrected chi connectivity index (χ1v) is 6.87. The highest BCUT2D eigenvalue weighted by atomic mass is 16.5. The molecule has 2 rings (SSSR count). The summed E-state index contributed by atoms with van der Waals surface area (Å²) < 4.78 is 7.17. The number of ether oxygens (including phenoxy) is 1. The molecule has 1 heterocycles. The number of hydrogen-bond donors (Lipinski definition) is 1. The van der Waals surface area contributed by atoms with E-state index in [1.165, 1.54) is 0 Å². The van der Waals surface area contributed by atoms with E-state index in [0.717, 1.165) is 11.3 Å². The van der Waals surface area contributed by atoms with Gasteiger partial charge in [-0.2, -0.15) is 10.4 Å². The van der Waals surface area contributed by atoms with Crippen LogP contribution in [0, 0.1) is 11.3 Å². The van der Waals surface area contributed by atoms with E-state index in [2.05, 4.69) is 37.4 Å². The van der Waals surface area contributed by atoms with Gasteiger partial charge in [0.2, 0.25) is 0 Å². The quantitative estimate of drug-likeness (QED) is 0.916. The summed E-state index contributed by atoms with van der Waals surface area (Å²) in [4.78, 5) is 0. The molecule has 0 saturated heterocycles. The second-order valence-electron chi connectivity index (χ2n) is 5.79. The monoisotopic (exact) mass is 284 g/mol. The molecule has 0 radical (unpaired) electrons. The summed E-state index contributed by atoms with van der Waals surface area (Å²) in [5.41, 5.74) is 2.13. The second kappa shape index (κ2) is 6.31. The van der Waals surface area contributed by atoms with E-state index < -0.39 is 0 Å². The zero-order valence-corrected chi connectivity index (χ0v) is 12.6. The molecule has 0 fully saturated rings. The topological polar surface area (TPSA) is 62.9 Å². The largest absolute Gasteiger partial charge is 0.479 e. The molecule has 0 saturated carbocycles. The molecule has 21 heavy (non-hydrogen) atoms. The lowest BCUT2D eigenvalue weighted by Crippen LogP contribution is -2.21. The van der Waals surface area contributed by atoms with E-state index in [9.17, 15) is 0 Å². The van der Waals surface area contributed by atoms with Crippen LogP contribution in [0.2, 0.25) is 0 Å². The molecule has 1 aromatic heterocycles. The molecule has 0 spiro atoms. The van der Waals surface area contributed by atoms with Gasteiger partial charge in [0.15, 0.2) is 6.61 Å². The van der Waals surface area contributed by atoms with Crippen molar-refractivity contribution in [1.29, 1.82) is 5.26 Å². The minimum atomic E-state index is -0.00201. The number of nitriles is 1. The molecule has 0 unspecified atom stereocenters. The third kappa shape index (κ3) is 4.25. The van der Waals surface area contributed by atoms with Crippen molar-refractivity contribution in [3.63, 3.8) is 0 Å². The standard InChI is InChI=1S/C16H20N4O/c1-16(2,3)20-12-13(11-19-20)10-18-14-4-6-15(7-5-14)21-9-8-17/h4-7,11-12,18H,9-10H2,1-3H3. The van der Waals surface area contributed by atoms with Gasteiger partial charge in [0.05, 0.1) is 11.7 Å². The van der Waals surface area contributed by atoms with Crippen molar-refractivity contribution in [3.8, 4) is 11.8 Å². The fourth-order valence-corrected chi connectivity index (χ4v) is 1.81. The maximum absolute atomic E-state index is 8.46. The maximum Gasteiger partial charge on any atom is 0.174 e. The minimum Gasteiger partial charge on any atom is -0.479 e. The average molecular weight is 284 g/mol. The van der Waals surface area contributed by atoms with Gasteiger partial charge < -0.3 is 10.1 Å². The van der Waals surface area contributed by atoms with Crippen LogP contribution < -0.4 is 10.1 Å². The van der Waals surface area contributed by atoms with Gasteiger partial charge in [0.25, 0.3) is 0 Å². The van der Waals surface area contributed by atoms with E-state index in [-0.39, 0.29) is 12.1 Å². The smallest absolute Gasteiger partial charge is 0.174 e. The Morgan fingerprint density at radius 1 is 1.29 bits per heavy atom. The van der Waals surface area contributed by atoms with Crippen molar-refractivity contribution in [2.75, 3.05) is 11.9 Å². The SMILES string of the molecule is CC(C)(C)n1cc(CNc2ccc(OCC#N)cc2)cn1. The zero-order chi connectivity index (χ0) is 15.3. The van der Waals surface area contributed by atoms with Crippen molar-refractivity contribution in [3.05, 3.63) is 42.2 Å². The van der Waals surface area contributed by atoms with Gasteiger partial charge in [-0.1, -0.05) is 0 Å². The first kappa shape index (κ1) is 14.9. The summed E-state index contributed by atoms with van der Waals surface area (Å²) >= 11 is 0. The van der Waals surface area contributed by atoms with Gasteiger partial charge in [-0.3, -0.25) is 4.68 Å². The van der Waals surface area contributed by atoms with Crippen LogP contribution in [0.1, 0.15) is 26.3 Å². The lowest BCUT2D eigenvalue weighted by atomic mass is 10.1. The van der Waals surface area contributed by atoms with Crippen LogP contribution >= 0.6 is 0 Å². The molecular formula is C16H20N4O. The number of anilines is 1. The van der Waals surface area contributed by atoms with Crippen molar-refractivity contribution in [1.82, 2.24) is 9.78 Å². The lowest BCUT2D eigenvalue weighted by molar-refractivity contribution is 0.355. The molecule has 5 heteroatoms. The number of hydrogen-bond acceptors (Lipinski definition) is 4. The van der Waals surface area contributed by atoms with Crippen LogP contribution in [0.25, 0.3) is 0 Å². The number of nitrogens with one attached hydrogen (secondary N) is 1. The molecule has 0 aliphatic heterocycles. The predicted molar refractivity (Wildman–Crippen MR) is 82.1 cm³/mol. The highest BCUT2D eigenvalue weighted by Gasteiger charge is 2.13. The zero-order valence-electron chi connectivity index (χ0n) is 12.6. The van der Waals surface area contributed by atoms with E-state index in [1.54, 1.807) is 0 Å². The van der Waals surface area contributed by atoms with Crippen LogP contribution in [0.3, 0.4) is 0 Å². The summed E-state index contributed by atoms with van der Waals surface area (Å²) in [7, 11) is 0. The highest BCUT2D eigenvalue weighted by molar-refractivity contribution is 5.46. The van der Waals surface area contributed by atoms with Gasteiger partial charge in [-0.15, -0.1) is 0 Å². The first-order valence-electron chi connectivity index (χ1n) is 6.87. The Morgan fingerprint density at radius 2 is 2.00 bits per heavy atom. The second-order valence-corrected chi connectivity index (χ2v) is 5.79. The molecule has 0 aliphatic rings. The molecule has 0 amide bonds. The van der Waals surface area contributed by atoms with Crippen LogP contribution in [-0.2, 0) is 12.1 Å². The van der Waals surface area contributed by atoms with Crippen LogP contribution in [-0.4, -0.2) is 16.4 Å². The fourth-order valence-electron chi connectivity index (χ4n) is 1.81. The van der Waals surface area contributed by atoms with Gasteiger partial charge in [-0.25, -0.2) is 0 Å². The van der Waals surface area contributed by atoms with Gasteiger partial charge in [-0.05, 0) is 45.0 Å². The predicted octanol–water partition coefficient (Wildman–Crippen LogP) is 3.15. The molecule has 0 bridgehead atoms. The van der Waals surface area contributed by atoms with Crippen molar-refractivity contribution in [2.45, 2.75) is 32.9 Å². The molecule has 2 aromatic rings. The Hall–Kier alpha value is -2.48. The fraction of sp³-hybridized carbons (Fsp3) is 0.375. The summed E-state index contributed by atoms with van der Waals surface area (Å²) in [5, 5.41) is 16.2. The van der Waals surface area contributed by atoms with Crippen molar-refractivity contribution >= 4 is 5.69 Å². The Balaban J connectivity index is 1.91. The Morgan fingerprint density at radius 3 is 2.57 bits per heavy atom. The molecule has 0 aliphatic carbocycles. The Labute approximate surface area is 125 Å². The molecular weight excluding hydrogens is 264 g/mol. The van der Waals surface area contributed by atoms with Crippen LogP contribution in [0.15, 0.2) is 36.7 Å². The van der Waals surface area contributed by atoms with E-state index >= 15 is 0 Å². The van der Waals surface area contributed by atoms with Crippen LogP contribution in [0.4, 0.5) is 5.69 Å². The summed E-state index contributed by atoms with van der Waals surface area (Å²) in [6, 6.07) is 9.50. The molecule has 1 N–H and O–H groups in total. The molecule has 1 aromatic carbocycles. The van der Waals surface area contributed by atoms with Gasteiger partial charge in [0, 0.05) is 24.0 Å². The van der Waals surface area contributed by atoms with Gasteiger partial charge >= 0.3 is 0 Å². The first-order chi connectivity index (χ1) is 9.99. The molecule has 110 valence electrons. The third-order valence-electron chi connectivity index (χ3n) is 2.98. The van der Waals surface area contributed by atoms with Crippen LogP contribution in [0.5, 0.6) is 5.75 Å². The number of benzene rings is 1. The van der Waals surface area contributed by atoms with E-state index in [4.69, 9.17) is 10.00 Å². The minimum absolute atomic E-state index is 0.00201. The highest BCUT2D eigenvalue weighted by Crippen LogP contribution is 2.17. The molecule has 5 nitrogen and oxygen atoms in total. The maximum atomic E-state index is 8.46. The lowest BCUT2D eigenvalue weighted by Gasteiger charge is -2.18. The van der Waals surface area contributed by atoms with Crippen molar-refractivity contribution < 1.29 is 4.74 Å². The number of aromatic nitrogens is 2. The summed E-state index contributed by atoms with van der Waals surface area (Å²) in [6.07, 6.45) is 3.93. The Bertz CT molecular complexity index is 617.